The van der Waals surface area contributed by atoms with Crippen LogP contribution in [0.2, 0.25) is 5.02 Å². The lowest BCUT2D eigenvalue weighted by atomic mass is 10.2. The number of methoxy groups -OCH3 is 1. The molecule has 0 saturated carbocycles. The van der Waals surface area contributed by atoms with Gasteiger partial charge in [-0.25, -0.2) is 0 Å². The fourth-order valence-electron chi connectivity index (χ4n) is 1.69. The van der Waals surface area contributed by atoms with Crippen LogP contribution >= 0.6 is 11.6 Å². The van der Waals surface area contributed by atoms with Crippen LogP contribution in [-0.4, -0.2) is 55.2 Å². The van der Waals surface area contributed by atoms with Gasteiger partial charge >= 0.3 is 5.97 Å². The third kappa shape index (κ3) is 7.65. The SMILES string of the molecule is COCCN(CC(=O)O)CC(=O)NCc1ccc(Cl)cc1. The lowest BCUT2D eigenvalue weighted by Gasteiger charge is -2.19. The van der Waals surface area contributed by atoms with Crippen LogP contribution in [0.1, 0.15) is 5.56 Å². The highest BCUT2D eigenvalue weighted by molar-refractivity contribution is 6.30. The van der Waals surface area contributed by atoms with Gasteiger partial charge < -0.3 is 15.2 Å². The van der Waals surface area contributed by atoms with Crippen LogP contribution in [0.3, 0.4) is 0 Å². The summed E-state index contributed by atoms with van der Waals surface area (Å²) in [5.41, 5.74) is 0.925. The number of nitrogens with zero attached hydrogens (tertiary/aromatic N) is 1. The van der Waals surface area contributed by atoms with Crippen molar-refractivity contribution in [2.75, 3.05) is 33.4 Å². The molecule has 21 heavy (non-hydrogen) atoms. The Balaban J connectivity index is 2.41. The zero-order valence-corrected chi connectivity index (χ0v) is 12.6. The van der Waals surface area contributed by atoms with Crippen molar-refractivity contribution in [2.24, 2.45) is 0 Å². The lowest BCUT2D eigenvalue weighted by molar-refractivity contribution is -0.138. The van der Waals surface area contributed by atoms with Gasteiger partial charge in [0, 0.05) is 25.2 Å². The fraction of sp³-hybridized carbons (Fsp3) is 0.429. The van der Waals surface area contributed by atoms with Crippen molar-refractivity contribution in [3.05, 3.63) is 34.9 Å². The number of hydrogen-bond acceptors (Lipinski definition) is 4. The monoisotopic (exact) mass is 314 g/mol. The summed E-state index contributed by atoms with van der Waals surface area (Å²) >= 11 is 5.78. The van der Waals surface area contributed by atoms with E-state index in [-0.39, 0.29) is 19.0 Å². The minimum atomic E-state index is -0.975. The summed E-state index contributed by atoms with van der Waals surface area (Å²) in [5, 5.41) is 12.2. The Hall–Kier alpha value is -1.63. The molecule has 0 aliphatic carbocycles. The second kappa shape index (κ2) is 9.33. The molecule has 2 N–H and O–H groups in total. The van der Waals surface area contributed by atoms with Gasteiger partial charge in [-0.1, -0.05) is 23.7 Å². The molecule has 0 fully saturated rings. The Morgan fingerprint density at radius 3 is 2.52 bits per heavy atom. The van der Waals surface area contributed by atoms with Gasteiger partial charge in [0.1, 0.15) is 0 Å². The number of hydrogen-bond donors (Lipinski definition) is 2. The van der Waals surface area contributed by atoms with Crippen molar-refractivity contribution in [3.8, 4) is 0 Å². The van der Waals surface area contributed by atoms with Gasteiger partial charge in [0.05, 0.1) is 19.7 Å². The molecule has 0 radical (unpaired) electrons. The number of amides is 1. The Morgan fingerprint density at radius 2 is 1.95 bits per heavy atom. The summed E-state index contributed by atoms with van der Waals surface area (Å²) in [6, 6.07) is 7.14. The number of carboxylic acids is 1. The van der Waals surface area contributed by atoms with E-state index >= 15 is 0 Å². The summed E-state index contributed by atoms with van der Waals surface area (Å²) in [4.78, 5) is 24.1. The van der Waals surface area contributed by atoms with Gasteiger partial charge in [0.2, 0.25) is 5.91 Å². The Kier molecular flexibility index (Phi) is 7.74. The quantitative estimate of drug-likeness (QED) is 0.710. The Labute approximate surface area is 128 Å². The molecular weight excluding hydrogens is 296 g/mol. The van der Waals surface area contributed by atoms with Crippen LogP contribution in [0.4, 0.5) is 0 Å². The topological polar surface area (TPSA) is 78.9 Å². The number of benzene rings is 1. The van der Waals surface area contributed by atoms with E-state index in [0.717, 1.165) is 5.56 Å². The molecule has 0 aliphatic rings. The van der Waals surface area contributed by atoms with Crippen molar-refractivity contribution in [3.63, 3.8) is 0 Å². The largest absolute Gasteiger partial charge is 0.480 e. The van der Waals surface area contributed by atoms with Gasteiger partial charge in [0.15, 0.2) is 0 Å². The lowest BCUT2D eigenvalue weighted by Crippen LogP contribution is -2.41. The zero-order chi connectivity index (χ0) is 15.7. The van der Waals surface area contributed by atoms with E-state index in [1.165, 1.54) is 12.0 Å². The highest BCUT2D eigenvalue weighted by atomic mass is 35.5. The predicted molar refractivity (Wildman–Crippen MR) is 79.3 cm³/mol. The first-order valence-electron chi connectivity index (χ1n) is 6.45. The number of aliphatic carboxylic acids is 1. The van der Waals surface area contributed by atoms with E-state index in [2.05, 4.69) is 5.32 Å². The second-order valence-corrected chi connectivity index (χ2v) is 4.94. The Morgan fingerprint density at radius 1 is 1.29 bits per heavy atom. The summed E-state index contributed by atoms with van der Waals surface area (Å²) in [7, 11) is 1.53. The van der Waals surface area contributed by atoms with Crippen molar-refractivity contribution < 1.29 is 19.4 Å². The van der Waals surface area contributed by atoms with E-state index in [9.17, 15) is 9.59 Å². The number of rotatable bonds is 9. The highest BCUT2D eigenvalue weighted by Gasteiger charge is 2.13. The molecule has 0 heterocycles. The molecule has 1 aromatic rings. The smallest absolute Gasteiger partial charge is 0.317 e. The van der Waals surface area contributed by atoms with Crippen LogP contribution in [0, 0.1) is 0 Å². The molecule has 1 amide bonds. The van der Waals surface area contributed by atoms with E-state index < -0.39 is 5.97 Å². The zero-order valence-electron chi connectivity index (χ0n) is 11.8. The molecule has 1 aromatic carbocycles. The van der Waals surface area contributed by atoms with Gasteiger partial charge in [-0.15, -0.1) is 0 Å². The maximum atomic E-state index is 11.8. The molecule has 0 aliphatic heterocycles. The van der Waals surface area contributed by atoms with Crippen LogP contribution in [0.5, 0.6) is 0 Å². The molecule has 116 valence electrons. The minimum absolute atomic E-state index is 0.0171. The van der Waals surface area contributed by atoms with Crippen molar-refractivity contribution >= 4 is 23.5 Å². The molecule has 0 saturated heterocycles. The number of carbonyl (C=O) groups is 2. The van der Waals surface area contributed by atoms with Gasteiger partial charge in [-0.05, 0) is 17.7 Å². The molecule has 0 aromatic heterocycles. The third-order valence-corrected chi connectivity index (χ3v) is 2.99. The molecule has 0 bridgehead atoms. The number of nitrogens with one attached hydrogen (secondary N) is 1. The molecule has 0 spiro atoms. The van der Waals surface area contributed by atoms with E-state index in [4.69, 9.17) is 21.4 Å². The number of carbonyl (C=O) groups excluding carboxylic acids is 1. The van der Waals surface area contributed by atoms with E-state index in [1.54, 1.807) is 12.1 Å². The predicted octanol–water partition coefficient (Wildman–Crippen LogP) is 0.989. The first kappa shape index (κ1) is 17.4. The van der Waals surface area contributed by atoms with Gasteiger partial charge in [-0.3, -0.25) is 14.5 Å². The van der Waals surface area contributed by atoms with Crippen LogP contribution < -0.4 is 5.32 Å². The standard InChI is InChI=1S/C14H19ClN2O4/c1-21-7-6-17(10-14(19)20)9-13(18)16-8-11-2-4-12(15)5-3-11/h2-5H,6-10H2,1H3,(H,16,18)(H,19,20). The minimum Gasteiger partial charge on any atom is -0.480 e. The Bertz CT molecular complexity index is 465. The number of ether oxygens (including phenoxy) is 1. The maximum absolute atomic E-state index is 11.8. The van der Waals surface area contributed by atoms with Crippen molar-refractivity contribution in [1.29, 1.82) is 0 Å². The summed E-state index contributed by atoms with van der Waals surface area (Å²) < 4.78 is 4.90. The van der Waals surface area contributed by atoms with E-state index in [1.807, 2.05) is 12.1 Å². The molecule has 0 atom stereocenters. The first-order chi connectivity index (χ1) is 10.0. The van der Waals surface area contributed by atoms with Crippen molar-refractivity contribution in [2.45, 2.75) is 6.54 Å². The molecule has 7 heteroatoms. The van der Waals surface area contributed by atoms with Crippen LogP contribution in [-0.2, 0) is 20.9 Å². The average Bonchev–Trinajstić information content (AvgIpc) is 2.43. The normalized spacial score (nSPS) is 10.6. The average molecular weight is 315 g/mol. The molecular formula is C14H19ClN2O4. The second-order valence-electron chi connectivity index (χ2n) is 4.50. The van der Waals surface area contributed by atoms with Gasteiger partial charge in [0.25, 0.3) is 0 Å². The third-order valence-electron chi connectivity index (χ3n) is 2.74. The number of halogens is 1. The van der Waals surface area contributed by atoms with Gasteiger partial charge in [-0.2, -0.15) is 0 Å². The molecule has 0 unspecified atom stereocenters. The number of carboxylic acid groups (broad SMARTS) is 1. The first-order valence-corrected chi connectivity index (χ1v) is 6.83. The molecule has 1 rings (SSSR count). The highest BCUT2D eigenvalue weighted by Crippen LogP contribution is 2.09. The summed E-state index contributed by atoms with van der Waals surface area (Å²) in [6.07, 6.45) is 0. The summed E-state index contributed by atoms with van der Waals surface area (Å²) in [6.45, 7) is 0.955. The fourth-order valence-corrected chi connectivity index (χ4v) is 1.81. The maximum Gasteiger partial charge on any atom is 0.317 e. The molecule has 6 nitrogen and oxygen atoms in total. The van der Waals surface area contributed by atoms with Crippen LogP contribution in [0.15, 0.2) is 24.3 Å². The van der Waals surface area contributed by atoms with Crippen molar-refractivity contribution in [1.82, 2.24) is 10.2 Å². The summed E-state index contributed by atoms with van der Waals surface area (Å²) in [5.74, 6) is -1.21. The van der Waals surface area contributed by atoms with E-state index in [0.29, 0.717) is 24.7 Å². The van der Waals surface area contributed by atoms with Crippen LogP contribution in [0.25, 0.3) is 0 Å².